The lowest BCUT2D eigenvalue weighted by Crippen LogP contribution is -2.25. The highest BCUT2D eigenvalue weighted by Gasteiger charge is 2.09. The number of methoxy groups -OCH3 is 2. The molecular weight excluding hydrogens is 274 g/mol. The lowest BCUT2D eigenvalue weighted by molar-refractivity contribution is 0.0956. The maximum absolute atomic E-state index is 11.6. The maximum atomic E-state index is 11.6. The predicted octanol–water partition coefficient (Wildman–Crippen LogP) is 1.83. The normalized spacial score (nSPS) is 9.69. The van der Waals surface area contributed by atoms with Gasteiger partial charge in [0.1, 0.15) is 0 Å². The minimum Gasteiger partial charge on any atom is -0.493 e. The number of hydrogen-bond donors (Lipinski definition) is 1. The van der Waals surface area contributed by atoms with Crippen molar-refractivity contribution in [3.05, 3.63) is 23.8 Å². The van der Waals surface area contributed by atoms with Crippen LogP contribution >= 0.6 is 15.9 Å². The number of rotatable bonds is 5. The second-order valence-corrected chi connectivity index (χ2v) is 3.81. The summed E-state index contributed by atoms with van der Waals surface area (Å²) in [6.45, 7) is 0.590. The summed E-state index contributed by atoms with van der Waals surface area (Å²) < 4.78 is 10.2. The molecule has 1 rings (SSSR count). The van der Waals surface area contributed by atoms with Crippen molar-refractivity contribution in [1.82, 2.24) is 5.32 Å². The van der Waals surface area contributed by atoms with E-state index in [-0.39, 0.29) is 5.91 Å². The summed E-state index contributed by atoms with van der Waals surface area (Å²) in [7, 11) is 3.10. The number of nitrogens with one attached hydrogen (secondary N) is 1. The van der Waals surface area contributed by atoms with Crippen LogP contribution in [-0.4, -0.2) is 32.0 Å². The molecule has 0 atom stereocenters. The van der Waals surface area contributed by atoms with Gasteiger partial charge in [-0.3, -0.25) is 4.79 Å². The molecule has 0 radical (unpaired) electrons. The van der Waals surface area contributed by atoms with Gasteiger partial charge in [-0.05, 0) is 18.2 Å². The summed E-state index contributed by atoms with van der Waals surface area (Å²) in [4.78, 5) is 11.6. The summed E-state index contributed by atoms with van der Waals surface area (Å²) in [5.74, 6) is 1.04. The fourth-order valence-electron chi connectivity index (χ4n) is 1.24. The summed E-state index contributed by atoms with van der Waals surface area (Å²) in [6, 6.07) is 5.06. The zero-order valence-electron chi connectivity index (χ0n) is 9.25. The Labute approximate surface area is 103 Å². The SMILES string of the molecule is COc1ccc(C(=O)NCCBr)cc1OC. The number of carbonyl (C=O) groups is 1. The van der Waals surface area contributed by atoms with Crippen molar-refractivity contribution in [2.24, 2.45) is 0 Å². The van der Waals surface area contributed by atoms with Gasteiger partial charge in [-0.15, -0.1) is 0 Å². The van der Waals surface area contributed by atoms with Gasteiger partial charge in [-0.25, -0.2) is 0 Å². The number of alkyl halides is 1. The molecule has 0 saturated heterocycles. The average Bonchev–Trinajstić information content (AvgIpc) is 2.34. The third-order valence-electron chi connectivity index (χ3n) is 2.03. The topological polar surface area (TPSA) is 47.6 Å². The fourth-order valence-corrected chi connectivity index (χ4v) is 1.44. The molecule has 0 saturated carbocycles. The first-order valence-electron chi connectivity index (χ1n) is 4.79. The lowest BCUT2D eigenvalue weighted by atomic mass is 10.2. The van der Waals surface area contributed by atoms with E-state index in [0.29, 0.717) is 23.6 Å². The number of benzene rings is 1. The molecule has 0 fully saturated rings. The first-order valence-corrected chi connectivity index (χ1v) is 5.91. The van der Waals surface area contributed by atoms with Gasteiger partial charge in [-0.2, -0.15) is 0 Å². The zero-order chi connectivity index (χ0) is 12.0. The Morgan fingerprint density at radius 2 is 2.00 bits per heavy atom. The van der Waals surface area contributed by atoms with Gasteiger partial charge < -0.3 is 14.8 Å². The molecule has 0 spiro atoms. The van der Waals surface area contributed by atoms with Gasteiger partial charge in [0.15, 0.2) is 11.5 Å². The second-order valence-electron chi connectivity index (χ2n) is 3.01. The molecule has 0 aliphatic carbocycles. The van der Waals surface area contributed by atoms with Crippen LogP contribution in [0.25, 0.3) is 0 Å². The van der Waals surface area contributed by atoms with Crippen molar-refractivity contribution in [2.45, 2.75) is 0 Å². The molecule has 0 aliphatic heterocycles. The number of halogens is 1. The van der Waals surface area contributed by atoms with E-state index >= 15 is 0 Å². The van der Waals surface area contributed by atoms with Gasteiger partial charge in [0.05, 0.1) is 14.2 Å². The highest BCUT2D eigenvalue weighted by atomic mass is 79.9. The van der Waals surface area contributed by atoms with E-state index in [2.05, 4.69) is 21.2 Å². The summed E-state index contributed by atoms with van der Waals surface area (Å²) >= 11 is 3.24. The summed E-state index contributed by atoms with van der Waals surface area (Å²) in [6.07, 6.45) is 0. The Kier molecular flexibility index (Phi) is 5.11. The highest BCUT2D eigenvalue weighted by molar-refractivity contribution is 9.09. The van der Waals surface area contributed by atoms with Crippen molar-refractivity contribution in [3.63, 3.8) is 0 Å². The smallest absolute Gasteiger partial charge is 0.251 e. The Morgan fingerprint density at radius 1 is 1.31 bits per heavy atom. The van der Waals surface area contributed by atoms with Crippen LogP contribution < -0.4 is 14.8 Å². The van der Waals surface area contributed by atoms with E-state index in [4.69, 9.17) is 9.47 Å². The molecule has 5 heteroatoms. The Hall–Kier alpha value is -1.23. The molecule has 0 unspecified atom stereocenters. The van der Waals surface area contributed by atoms with Crippen LogP contribution in [0.4, 0.5) is 0 Å². The fraction of sp³-hybridized carbons (Fsp3) is 0.364. The summed E-state index contributed by atoms with van der Waals surface area (Å²) in [5.41, 5.74) is 0.554. The monoisotopic (exact) mass is 287 g/mol. The molecule has 16 heavy (non-hydrogen) atoms. The van der Waals surface area contributed by atoms with Crippen LogP contribution in [0.1, 0.15) is 10.4 Å². The van der Waals surface area contributed by atoms with Gasteiger partial charge in [0, 0.05) is 17.4 Å². The van der Waals surface area contributed by atoms with Crippen molar-refractivity contribution >= 4 is 21.8 Å². The number of amides is 1. The predicted molar refractivity (Wildman–Crippen MR) is 65.7 cm³/mol. The molecule has 0 aromatic heterocycles. The van der Waals surface area contributed by atoms with Crippen molar-refractivity contribution in [2.75, 3.05) is 26.1 Å². The molecule has 0 heterocycles. The van der Waals surface area contributed by atoms with E-state index in [1.807, 2.05) is 0 Å². The van der Waals surface area contributed by atoms with Crippen molar-refractivity contribution < 1.29 is 14.3 Å². The summed E-state index contributed by atoms with van der Waals surface area (Å²) in [5, 5.41) is 3.48. The average molecular weight is 288 g/mol. The molecule has 1 aromatic carbocycles. The molecule has 4 nitrogen and oxygen atoms in total. The molecule has 88 valence electrons. The molecule has 1 aromatic rings. The standard InChI is InChI=1S/C11H14BrNO3/c1-15-9-4-3-8(7-10(9)16-2)11(14)13-6-5-12/h3-4,7H,5-6H2,1-2H3,(H,13,14). The first kappa shape index (κ1) is 12.8. The molecule has 0 bridgehead atoms. The highest BCUT2D eigenvalue weighted by Crippen LogP contribution is 2.27. The third-order valence-corrected chi connectivity index (χ3v) is 2.42. The van der Waals surface area contributed by atoms with Crippen LogP contribution in [0.2, 0.25) is 0 Å². The van der Waals surface area contributed by atoms with Crippen LogP contribution in [0.5, 0.6) is 11.5 Å². The van der Waals surface area contributed by atoms with E-state index in [9.17, 15) is 4.79 Å². The Bertz CT molecular complexity index is 368. The maximum Gasteiger partial charge on any atom is 0.251 e. The van der Waals surface area contributed by atoms with Crippen LogP contribution in [0.3, 0.4) is 0 Å². The third kappa shape index (κ3) is 3.13. The lowest BCUT2D eigenvalue weighted by Gasteiger charge is -2.09. The van der Waals surface area contributed by atoms with E-state index in [1.165, 1.54) is 7.11 Å². The minimum atomic E-state index is -0.125. The second kappa shape index (κ2) is 6.37. The zero-order valence-corrected chi connectivity index (χ0v) is 10.8. The molecular formula is C11H14BrNO3. The Morgan fingerprint density at radius 3 is 2.56 bits per heavy atom. The van der Waals surface area contributed by atoms with E-state index in [1.54, 1.807) is 25.3 Å². The van der Waals surface area contributed by atoms with Crippen LogP contribution in [-0.2, 0) is 0 Å². The van der Waals surface area contributed by atoms with Gasteiger partial charge in [0.25, 0.3) is 5.91 Å². The minimum absolute atomic E-state index is 0.125. The quantitative estimate of drug-likeness (QED) is 0.841. The van der Waals surface area contributed by atoms with Crippen molar-refractivity contribution in [3.8, 4) is 11.5 Å². The van der Waals surface area contributed by atoms with Crippen LogP contribution in [0.15, 0.2) is 18.2 Å². The van der Waals surface area contributed by atoms with Gasteiger partial charge in [0.2, 0.25) is 0 Å². The molecule has 1 N–H and O–H groups in total. The number of hydrogen-bond acceptors (Lipinski definition) is 3. The van der Waals surface area contributed by atoms with Crippen LogP contribution in [0, 0.1) is 0 Å². The number of ether oxygens (including phenoxy) is 2. The van der Waals surface area contributed by atoms with Crippen molar-refractivity contribution in [1.29, 1.82) is 0 Å². The molecule has 1 amide bonds. The van der Waals surface area contributed by atoms with E-state index < -0.39 is 0 Å². The number of carbonyl (C=O) groups excluding carboxylic acids is 1. The van der Waals surface area contributed by atoms with Gasteiger partial charge >= 0.3 is 0 Å². The first-order chi connectivity index (χ1) is 7.72. The largest absolute Gasteiger partial charge is 0.493 e. The Balaban J connectivity index is 2.85. The molecule has 0 aliphatic rings. The van der Waals surface area contributed by atoms with Gasteiger partial charge in [-0.1, -0.05) is 15.9 Å². The van der Waals surface area contributed by atoms with E-state index in [0.717, 1.165) is 5.33 Å².